The largest absolute Gasteiger partial charge is 0.353 e. The fraction of sp³-hybridized carbons (Fsp3) is 0.786. The summed E-state index contributed by atoms with van der Waals surface area (Å²) in [4.78, 5) is 4.48. The molecule has 1 aliphatic carbocycles. The van der Waals surface area contributed by atoms with Crippen molar-refractivity contribution in [2.75, 3.05) is 5.32 Å². The van der Waals surface area contributed by atoms with Crippen molar-refractivity contribution in [3.63, 3.8) is 0 Å². The van der Waals surface area contributed by atoms with Gasteiger partial charge in [0.2, 0.25) is 5.95 Å². The summed E-state index contributed by atoms with van der Waals surface area (Å²) in [5.74, 6) is 1.08. The first-order valence-electron chi connectivity index (χ1n) is 7.14. The van der Waals surface area contributed by atoms with Crippen molar-refractivity contribution in [3.8, 4) is 0 Å². The predicted octanol–water partition coefficient (Wildman–Crippen LogP) is 3.99. The summed E-state index contributed by atoms with van der Waals surface area (Å²) in [6.45, 7) is 4.49. The molecule has 0 amide bonds. The Hall–Kier alpha value is -0.990. The van der Waals surface area contributed by atoms with Gasteiger partial charge >= 0.3 is 0 Å². The Morgan fingerprint density at radius 3 is 2.82 bits per heavy atom. The molecule has 1 fully saturated rings. The molecule has 1 N–H and O–H groups in total. The zero-order chi connectivity index (χ0) is 12.1. The van der Waals surface area contributed by atoms with Gasteiger partial charge in [-0.2, -0.15) is 0 Å². The van der Waals surface area contributed by atoms with Crippen molar-refractivity contribution < 1.29 is 0 Å². The second-order valence-corrected chi connectivity index (χ2v) is 5.13. The Balaban J connectivity index is 2.02. The van der Waals surface area contributed by atoms with Crippen LogP contribution >= 0.6 is 0 Å². The highest BCUT2D eigenvalue weighted by molar-refractivity contribution is 5.28. The van der Waals surface area contributed by atoms with E-state index in [1.54, 1.807) is 0 Å². The van der Waals surface area contributed by atoms with Crippen LogP contribution in [0, 0.1) is 0 Å². The van der Waals surface area contributed by atoms with Crippen LogP contribution in [0.15, 0.2) is 12.4 Å². The van der Waals surface area contributed by atoms with Crippen molar-refractivity contribution in [2.45, 2.75) is 70.9 Å². The van der Waals surface area contributed by atoms with E-state index in [-0.39, 0.29) is 0 Å². The van der Waals surface area contributed by atoms with Crippen LogP contribution in [0.3, 0.4) is 0 Å². The summed E-state index contributed by atoms with van der Waals surface area (Å²) in [5, 5.41) is 3.61. The number of rotatable bonds is 6. The third-order valence-corrected chi connectivity index (χ3v) is 3.85. The number of anilines is 1. The highest BCUT2D eigenvalue weighted by Crippen LogP contribution is 2.31. The fourth-order valence-electron chi connectivity index (χ4n) is 2.81. The first kappa shape index (κ1) is 12.5. The second kappa shape index (κ2) is 6.08. The maximum Gasteiger partial charge on any atom is 0.203 e. The van der Waals surface area contributed by atoms with Crippen molar-refractivity contribution in [1.82, 2.24) is 9.55 Å². The summed E-state index contributed by atoms with van der Waals surface area (Å²) in [6, 6.07) is 1.25. The lowest BCUT2D eigenvalue weighted by Gasteiger charge is -2.20. The molecular formula is C14H25N3. The van der Waals surface area contributed by atoms with Gasteiger partial charge in [-0.3, -0.25) is 0 Å². The number of aromatic nitrogens is 2. The minimum absolute atomic E-state index is 0.572. The van der Waals surface area contributed by atoms with Gasteiger partial charge in [-0.05, 0) is 25.7 Å². The molecule has 1 aliphatic rings. The molecule has 0 radical (unpaired) electrons. The smallest absolute Gasteiger partial charge is 0.203 e. The standard InChI is InChI=1S/C14H25N3/c1-3-7-12(4-2)16-14-15-10-11-17(14)13-8-5-6-9-13/h10-13H,3-9H2,1-2H3,(H,15,16). The summed E-state index contributed by atoms with van der Waals surface area (Å²) < 4.78 is 2.35. The van der Waals surface area contributed by atoms with E-state index < -0.39 is 0 Å². The molecule has 1 saturated carbocycles. The Morgan fingerprint density at radius 1 is 1.41 bits per heavy atom. The normalized spacial score (nSPS) is 18.5. The zero-order valence-electron chi connectivity index (χ0n) is 11.2. The summed E-state index contributed by atoms with van der Waals surface area (Å²) in [5.41, 5.74) is 0. The van der Waals surface area contributed by atoms with Gasteiger partial charge in [-0.1, -0.05) is 33.1 Å². The van der Waals surface area contributed by atoms with Crippen LogP contribution in [-0.4, -0.2) is 15.6 Å². The maximum absolute atomic E-state index is 4.48. The van der Waals surface area contributed by atoms with Gasteiger partial charge in [-0.25, -0.2) is 4.98 Å². The maximum atomic E-state index is 4.48. The average molecular weight is 235 g/mol. The number of imidazole rings is 1. The predicted molar refractivity (Wildman–Crippen MR) is 72.3 cm³/mol. The molecule has 17 heavy (non-hydrogen) atoms. The lowest BCUT2D eigenvalue weighted by atomic mass is 10.1. The van der Waals surface area contributed by atoms with Crippen LogP contribution in [0.4, 0.5) is 5.95 Å². The Morgan fingerprint density at radius 2 is 2.18 bits per heavy atom. The molecule has 3 nitrogen and oxygen atoms in total. The SMILES string of the molecule is CCCC(CC)Nc1nccn1C1CCCC1. The van der Waals surface area contributed by atoms with Crippen LogP contribution in [0.25, 0.3) is 0 Å². The van der Waals surface area contributed by atoms with E-state index in [1.165, 1.54) is 44.9 Å². The minimum atomic E-state index is 0.572. The van der Waals surface area contributed by atoms with Crippen LogP contribution in [0.2, 0.25) is 0 Å². The van der Waals surface area contributed by atoms with Crippen LogP contribution < -0.4 is 5.32 Å². The van der Waals surface area contributed by atoms with Gasteiger partial charge in [0.05, 0.1) is 0 Å². The molecule has 0 aliphatic heterocycles. The lowest BCUT2D eigenvalue weighted by Crippen LogP contribution is -2.21. The summed E-state index contributed by atoms with van der Waals surface area (Å²) in [7, 11) is 0. The van der Waals surface area contributed by atoms with Crippen LogP contribution in [0.1, 0.15) is 64.8 Å². The van der Waals surface area contributed by atoms with Crippen molar-refractivity contribution in [2.24, 2.45) is 0 Å². The van der Waals surface area contributed by atoms with Gasteiger partial charge in [0.25, 0.3) is 0 Å². The molecule has 1 aromatic rings. The van der Waals surface area contributed by atoms with Crippen molar-refractivity contribution >= 4 is 5.95 Å². The minimum Gasteiger partial charge on any atom is -0.353 e. The van der Waals surface area contributed by atoms with Crippen molar-refractivity contribution in [3.05, 3.63) is 12.4 Å². The fourth-order valence-corrected chi connectivity index (χ4v) is 2.81. The lowest BCUT2D eigenvalue weighted by molar-refractivity contribution is 0.515. The number of nitrogens with zero attached hydrogens (tertiary/aromatic N) is 2. The molecular weight excluding hydrogens is 210 g/mol. The molecule has 0 spiro atoms. The van der Waals surface area contributed by atoms with Gasteiger partial charge in [0.15, 0.2) is 0 Å². The van der Waals surface area contributed by atoms with Crippen molar-refractivity contribution in [1.29, 1.82) is 0 Å². The Labute approximate surface area is 105 Å². The van der Waals surface area contributed by atoms with E-state index in [0.717, 1.165) is 5.95 Å². The molecule has 0 aromatic carbocycles. The molecule has 2 rings (SSSR count). The van der Waals surface area contributed by atoms with E-state index in [4.69, 9.17) is 0 Å². The van der Waals surface area contributed by atoms with E-state index in [9.17, 15) is 0 Å². The van der Waals surface area contributed by atoms with E-state index in [1.807, 2.05) is 6.20 Å². The molecule has 1 atom stereocenters. The molecule has 3 heteroatoms. The first-order valence-corrected chi connectivity index (χ1v) is 7.14. The van der Waals surface area contributed by atoms with Crippen LogP contribution in [0.5, 0.6) is 0 Å². The van der Waals surface area contributed by atoms with E-state index in [0.29, 0.717) is 12.1 Å². The molecule has 1 aromatic heterocycles. The van der Waals surface area contributed by atoms with Gasteiger partial charge < -0.3 is 9.88 Å². The molecule has 1 heterocycles. The second-order valence-electron chi connectivity index (χ2n) is 5.13. The molecule has 0 bridgehead atoms. The number of hydrogen-bond donors (Lipinski definition) is 1. The van der Waals surface area contributed by atoms with E-state index >= 15 is 0 Å². The summed E-state index contributed by atoms with van der Waals surface area (Å²) in [6.07, 6.45) is 13.1. The van der Waals surface area contributed by atoms with Gasteiger partial charge in [0, 0.05) is 24.5 Å². The number of hydrogen-bond acceptors (Lipinski definition) is 2. The first-order chi connectivity index (χ1) is 8.35. The average Bonchev–Trinajstić information content (AvgIpc) is 2.98. The van der Waals surface area contributed by atoms with Gasteiger partial charge in [0.1, 0.15) is 0 Å². The molecule has 96 valence electrons. The van der Waals surface area contributed by atoms with E-state index in [2.05, 4.69) is 34.9 Å². The van der Waals surface area contributed by atoms with Gasteiger partial charge in [-0.15, -0.1) is 0 Å². The molecule has 1 unspecified atom stereocenters. The Kier molecular flexibility index (Phi) is 4.46. The quantitative estimate of drug-likeness (QED) is 0.808. The monoisotopic (exact) mass is 235 g/mol. The third kappa shape index (κ3) is 3.02. The van der Waals surface area contributed by atoms with Crippen LogP contribution in [-0.2, 0) is 0 Å². The topological polar surface area (TPSA) is 29.9 Å². The summed E-state index contributed by atoms with van der Waals surface area (Å²) >= 11 is 0. The highest BCUT2D eigenvalue weighted by atomic mass is 15.2. The molecule has 0 saturated heterocycles. The third-order valence-electron chi connectivity index (χ3n) is 3.85. The highest BCUT2D eigenvalue weighted by Gasteiger charge is 2.19. The Bertz CT molecular complexity index is 326. The zero-order valence-corrected chi connectivity index (χ0v) is 11.2. The number of nitrogens with one attached hydrogen (secondary N) is 1.